The highest BCUT2D eigenvalue weighted by Gasteiger charge is 2.50. The maximum Gasteiger partial charge on any atom is 0.341 e. The maximum absolute atomic E-state index is 13.4. The average molecular weight is 397 g/mol. The van der Waals surface area contributed by atoms with Crippen molar-refractivity contribution in [2.75, 3.05) is 11.9 Å². The number of hydrogen-bond acceptors (Lipinski definition) is 6. The molecule has 0 bridgehead atoms. The fourth-order valence-corrected chi connectivity index (χ4v) is 4.09. The Balaban J connectivity index is 1.64. The number of aromatic amines is 1. The molecule has 0 unspecified atom stereocenters. The minimum atomic E-state index is -1.13. The number of anilines is 1. The predicted molar refractivity (Wildman–Crippen MR) is 113 cm³/mol. The van der Waals surface area contributed by atoms with E-state index < -0.39 is 5.54 Å². The van der Waals surface area contributed by atoms with Crippen LogP contribution in [0.3, 0.4) is 0 Å². The van der Waals surface area contributed by atoms with Crippen LogP contribution in [0.1, 0.15) is 18.1 Å². The summed E-state index contributed by atoms with van der Waals surface area (Å²) >= 11 is 0. The van der Waals surface area contributed by atoms with E-state index >= 15 is 0 Å². The minimum absolute atomic E-state index is 0.296. The van der Waals surface area contributed by atoms with Crippen LogP contribution in [0.25, 0.3) is 22.5 Å². The zero-order valence-corrected chi connectivity index (χ0v) is 16.3. The van der Waals surface area contributed by atoms with E-state index in [1.54, 1.807) is 0 Å². The van der Waals surface area contributed by atoms with Crippen LogP contribution in [-0.4, -0.2) is 33.2 Å². The molecular weight excluding hydrogens is 378 g/mol. The van der Waals surface area contributed by atoms with Crippen LogP contribution in [0.4, 0.5) is 5.69 Å². The number of tetrazole rings is 1. The summed E-state index contributed by atoms with van der Waals surface area (Å²) in [6.45, 7) is 2.11. The van der Waals surface area contributed by atoms with E-state index in [4.69, 9.17) is 4.74 Å². The van der Waals surface area contributed by atoms with Gasteiger partial charge in [-0.3, -0.25) is 0 Å². The van der Waals surface area contributed by atoms with Gasteiger partial charge in [-0.15, -0.1) is 5.10 Å². The van der Waals surface area contributed by atoms with Crippen molar-refractivity contribution in [2.45, 2.75) is 12.5 Å². The summed E-state index contributed by atoms with van der Waals surface area (Å²) in [5.74, 6) is 0.254. The Morgan fingerprint density at radius 3 is 2.17 bits per heavy atom. The van der Waals surface area contributed by atoms with Gasteiger partial charge in [0.15, 0.2) is 11.4 Å². The molecule has 1 aliphatic rings. The third kappa shape index (κ3) is 2.67. The number of H-pyrrole nitrogens is 1. The first kappa shape index (κ1) is 18.1. The molecule has 0 spiro atoms. The minimum Gasteiger partial charge on any atom is -0.464 e. The molecular formula is C23H19N5O2. The van der Waals surface area contributed by atoms with Gasteiger partial charge in [0.2, 0.25) is 0 Å². The molecule has 0 saturated heterocycles. The number of aromatic nitrogens is 4. The Morgan fingerprint density at radius 2 is 1.60 bits per heavy atom. The normalized spacial score (nSPS) is 13.4. The monoisotopic (exact) mass is 397 g/mol. The first-order chi connectivity index (χ1) is 14.7. The van der Waals surface area contributed by atoms with Gasteiger partial charge in [0, 0.05) is 22.4 Å². The summed E-state index contributed by atoms with van der Waals surface area (Å²) in [4.78, 5) is 13.4. The number of carbonyl (C=O) groups excluding carboxylic acids is 1. The second-order valence-electron chi connectivity index (χ2n) is 7.01. The van der Waals surface area contributed by atoms with Crippen LogP contribution in [0.2, 0.25) is 0 Å². The molecule has 30 heavy (non-hydrogen) atoms. The van der Waals surface area contributed by atoms with Crippen molar-refractivity contribution in [1.82, 2.24) is 20.6 Å². The van der Waals surface area contributed by atoms with Gasteiger partial charge >= 0.3 is 5.97 Å². The van der Waals surface area contributed by atoms with Crippen molar-refractivity contribution >= 4 is 11.7 Å². The number of hydrogen-bond donors (Lipinski definition) is 2. The van der Waals surface area contributed by atoms with Crippen LogP contribution >= 0.6 is 0 Å². The molecule has 0 radical (unpaired) electrons. The summed E-state index contributed by atoms with van der Waals surface area (Å²) in [5.41, 5.74) is 4.32. The van der Waals surface area contributed by atoms with E-state index in [0.29, 0.717) is 12.4 Å². The molecule has 7 heteroatoms. The average Bonchev–Trinajstić information content (AvgIpc) is 3.41. The summed E-state index contributed by atoms with van der Waals surface area (Å²) in [5, 5.41) is 17.4. The molecule has 0 aliphatic heterocycles. The molecule has 5 rings (SSSR count). The zero-order chi connectivity index (χ0) is 20.6. The quantitative estimate of drug-likeness (QED) is 0.498. The molecule has 3 aromatic carbocycles. The van der Waals surface area contributed by atoms with Gasteiger partial charge in [0.05, 0.1) is 6.61 Å². The molecule has 0 fully saturated rings. The number of esters is 1. The fraction of sp³-hybridized carbons (Fsp3) is 0.130. The molecule has 0 saturated carbocycles. The number of rotatable bonds is 5. The van der Waals surface area contributed by atoms with E-state index in [0.717, 1.165) is 33.5 Å². The first-order valence-electron chi connectivity index (χ1n) is 9.73. The number of benzene rings is 3. The van der Waals surface area contributed by atoms with Crippen molar-refractivity contribution in [3.05, 3.63) is 83.9 Å². The lowest BCUT2D eigenvalue weighted by Gasteiger charge is -2.31. The van der Waals surface area contributed by atoms with E-state index in [2.05, 4.69) is 25.9 Å². The highest BCUT2D eigenvalue weighted by Crippen LogP contribution is 2.49. The van der Waals surface area contributed by atoms with Gasteiger partial charge in [-0.1, -0.05) is 48.5 Å². The largest absolute Gasteiger partial charge is 0.464 e. The van der Waals surface area contributed by atoms with Crippen LogP contribution in [0, 0.1) is 0 Å². The van der Waals surface area contributed by atoms with Gasteiger partial charge in [0.25, 0.3) is 0 Å². The molecule has 1 aliphatic carbocycles. The van der Waals surface area contributed by atoms with Gasteiger partial charge < -0.3 is 10.1 Å². The van der Waals surface area contributed by atoms with Crippen molar-refractivity contribution in [1.29, 1.82) is 0 Å². The zero-order valence-electron chi connectivity index (χ0n) is 16.3. The summed E-state index contributed by atoms with van der Waals surface area (Å²) in [7, 11) is 0. The van der Waals surface area contributed by atoms with Gasteiger partial charge in [-0.2, -0.15) is 0 Å². The molecule has 4 aromatic rings. The summed E-state index contributed by atoms with van der Waals surface area (Å²) in [6, 6.07) is 23.5. The number of ether oxygens (including phenoxy) is 1. The lowest BCUT2D eigenvalue weighted by atomic mass is 9.87. The number of nitrogens with zero attached hydrogens (tertiary/aromatic N) is 3. The molecule has 1 aromatic heterocycles. The highest BCUT2D eigenvalue weighted by molar-refractivity contribution is 6.00. The SMILES string of the molecule is CCOC(=O)C1(Nc2ccc(-c3nnn[nH]3)cc2)c2ccccc2-c2ccccc21. The second-order valence-corrected chi connectivity index (χ2v) is 7.01. The van der Waals surface area contributed by atoms with E-state index in [-0.39, 0.29) is 5.97 Å². The number of fused-ring (bicyclic) bond motifs is 3. The summed E-state index contributed by atoms with van der Waals surface area (Å²) in [6.07, 6.45) is 0. The highest BCUT2D eigenvalue weighted by atomic mass is 16.5. The van der Waals surface area contributed by atoms with Crippen molar-refractivity contribution in [3.63, 3.8) is 0 Å². The standard InChI is InChI=1S/C23H19N5O2/c1-2-30-22(29)23(24-16-13-11-15(12-14-16)21-25-27-28-26-21)19-9-5-3-7-17(19)18-8-4-6-10-20(18)23/h3-14,24H,2H2,1H3,(H,25,26,27,28). The lowest BCUT2D eigenvalue weighted by Crippen LogP contribution is -2.44. The molecule has 1 heterocycles. The smallest absolute Gasteiger partial charge is 0.341 e. The Morgan fingerprint density at radius 1 is 0.967 bits per heavy atom. The third-order valence-electron chi connectivity index (χ3n) is 5.37. The van der Waals surface area contributed by atoms with Crippen LogP contribution in [0.5, 0.6) is 0 Å². The predicted octanol–water partition coefficient (Wildman–Crippen LogP) is 3.77. The first-order valence-corrected chi connectivity index (χ1v) is 9.73. The topological polar surface area (TPSA) is 92.8 Å². The number of nitrogens with one attached hydrogen (secondary N) is 2. The molecule has 7 nitrogen and oxygen atoms in total. The second kappa shape index (κ2) is 7.11. The lowest BCUT2D eigenvalue weighted by molar-refractivity contribution is -0.147. The Hall–Kier alpha value is -4.00. The Labute approximate surface area is 173 Å². The maximum atomic E-state index is 13.4. The third-order valence-corrected chi connectivity index (χ3v) is 5.37. The fourth-order valence-electron chi connectivity index (χ4n) is 4.09. The summed E-state index contributed by atoms with van der Waals surface area (Å²) < 4.78 is 5.56. The van der Waals surface area contributed by atoms with Crippen molar-refractivity contribution in [2.24, 2.45) is 0 Å². The molecule has 0 amide bonds. The molecule has 0 atom stereocenters. The van der Waals surface area contributed by atoms with Crippen LogP contribution < -0.4 is 5.32 Å². The molecule has 2 N–H and O–H groups in total. The van der Waals surface area contributed by atoms with Gasteiger partial charge in [-0.25, -0.2) is 9.89 Å². The van der Waals surface area contributed by atoms with Crippen LogP contribution in [-0.2, 0) is 15.1 Å². The van der Waals surface area contributed by atoms with Gasteiger partial charge in [0.1, 0.15) is 0 Å². The van der Waals surface area contributed by atoms with Crippen molar-refractivity contribution in [3.8, 4) is 22.5 Å². The Kier molecular flexibility index (Phi) is 4.28. The Bertz CT molecular complexity index is 1160. The van der Waals surface area contributed by atoms with E-state index in [1.165, 1.54) is 0 Å². The van der Waals surface area contributed by atoms with Crippen LogP contribution in [0.15, 0.2) is 72.8 Å². The molecule has 148 valence electrons. The van der Waals surface area contributed by atoms with E-state index in [9.17, 15) is 4.79 Å². The van der Waals surface area contributed by atoms with E-state index in [1.807, 2.05) is 79.7 Å². The number of carbonyl (C=O) groups is 1. The van der Waals surface area contributed by atoms with Crippen molar-refractivity contribution < 1.29 is 9.53 Å². The van der Waals surface area contributed by atoms with Gasteiger partial charge in [-0.05, 0) is 52.7 Å².